The Labute approximate surface area is 117 Å². The van der Waals surface area contributed by atoms with Crippen LogP contribution in [0, 0.1) is 23.0 Å². The zero-order valence-corrected chi connectivity index (χ0v) is 11.3. The van der Waals surface area contributed by atoms with Gasteiger partial charge in [-0.25, -0.2) is 8.78 Å². The molecule has 96 valence electrons. The van der Waals surface area contributed by atoms with Crippen LogP contribution in [-0.2, 0) is 6.54 Å². The largest absolute Gasteiger partial charge is 0.378 e. The van der Waals surface area contributed by atoms with Crippen LogP contribution in [0.1, 0.15) is 11.1 Å². The Morgan fingerprint density at radius 2 is 1.89 bits per heavy atom. The second-order valence-electron chi connectivity index (χ2n) is 3.87. The molecule has 0 saturated heterocycles. The van der Waals surface area contributed by atoms with Crippen LogP contribution < -0.4 is 5.32 Å². The fraction of sp³-hybridized carbons (Fsp3) is 0.0714. The minimum atomic E-state index is -0.553. The summed E-state index contributed by atoms with van der Waals surface area (Å²) in [6.45, 7) is 0.252. The summed E-state index contributed by atoms with van der Waals surface area (Å²) in [4.78, 5) is 0. The summed E-state index contributed by atoms with van der Waals surface area (Å²) in [6.07, 6.45) is 0. The third kappa shape index (κ3) is 3.09. The molecule has 2 aromatic carbocycles. The van der Waals surface area contributed by atoms with Crippen LogP contribution in [0.3, 0.4) is 0 Å². The molecular formula is C14H9BrF2N2. The maximum absolute atomic E-state index is 13.6. The lowest BCUT2D eigenvalue weighted by atomic mass is 10.1. The van der Waals surface area contributed by atoms with E-state index in [0.717, 1.165) is 17.7 Å². The average Bonchev–Trinajstić information content (AvgIpc) is 2.41. The van der Waals surface area contributed by atoms with Crippen LogP contribution in [0.5, 0.6) is 0 Å². The molecule has 5 heteroatoms. The van der Waals surface area contributed by atoms with Crippen molar-refractivity contribution in [3.05, 3.63) is 63.6 Å². The Balaban J connectivity index is 2.20. The molecule has 0 aliphatic rings. The maximum Gasteiger partial charge on any atom is 0.147 e. The number of halogens is 3. The highest BCUT2D eigenvalue weighted by Gasteiger charge is 2.08. The summed E-state index contributed by atoms with van der Waals surface area (Å²) in [5.41, 5.74) is 1.30. The lowest BCUT2D eigenvalue weighted by molar-refractivity contribution is 0.596. The normalized spacial score (nSPS) is 10.0. The van der Waals surface area contributed by atoms with E-state index in [-0.39, 0.29) is 16.7 Å². The van der Waals surface area contributed by atoms with Gasteiger partial charge in [0.25, 0.3) is 0 Å². The predicted octanol–water partition coefficient (Wildman–Crippen LogP) is 4.21. The van der Waals surface area contributed by atoms with Gasteiger partial charge in [-0.15, -0.1) is 0 Å². The minimum absolute atomic E-state index is 0.0634. The summed E-state index contributed by atoms with van der Waals surface area (Å²) in [7, 11) is 0. The van der Waals surface area contributed by atoms with E-state index < -0.39 is 11.6 Å². The lowest BCUT2D eigenvalue weighted by Gasteiger charge is -2.09. The highest BCUT2D eigenvalue weighted by Crippen LogP contribution is 2.24. The molecule has 0 heterocycles. The van der Waals surface area contributed by atoms with Gasteiger partial charge in [-0.3, -0.25) is 0 Å². The molecule has 2 rings (SSSR count). The van der Waals surface area contributed by atoms with Gasteiger partial charge in [-0.2, -0.15) is 5.26 Å². The van der Waals surface area contributed by atoms with Crippen LogP contribution in [0.2, 0.25) is 0 Å². The van der Waals surface area contributed by atoms with Crippen molar-refractivity contribution in [3.63, 3.8) is 0 Å². The smallest absolute Gasteiger partial charge is 0.147 e. The molecule has 0 bridgehead atoms. The number of anilines is 1. The number of benzene rings is 2. The third-order valence-corrected chi connectivity index (χ3v) is 3.22. The first kappa shape index (κ1) is 13.5. The van der Waals surface area contributed by atoms with Crippen molar-refractivity contribution >= 4 is 21.6 Å². The number of hydrogen-bond donors (Lipinski definition) is 1. The molecule has 2 aromatic rings. The van der Waals surface area contributed by atoms with Gasteiger partial charge in [0.05, 0.1) is 21.8 Å². The molecule has 0 spiro atoms. The minimum Gasteiger partial charge on any atom is -0.378 e. The molecule has 0 fully saturated rings. The van der Waals surface area contributed by atoms with Crippen LogP contribution in [-0.4, -0.2) is 0 Å². The average molecular weight is 323 g/mol. The van der Waals surface area contributed by atoms with Crippen molar-refractivity contribution in [1.29, 1.82) is 5.26 Å². The van der Waals surface area contributed by atoms with E-state index in [2.05, 4.69) is 27.3 Å². The van der Waals surface area contributed by atoms with Crippen molar-refractivity contribution in [2.24, 2.45) is 0 Å². The zero-order valence-electron chi connectivity index (χ0n) is 9.75. The second kappa shape index (κ2) is 5.81. The van der Waals surface area contributed by atoms with Gasteiger partial charge in [-0.05, 0) is 33.6 Å². The van der Waals surface area contributed by atoms with Gasteiger partial charge in [0.2, 0.25) is 0 Å². The quantitative estimate of drug-likeness (QED) is 0.859. The molecule has 0 aliphatic carbocycles. The zero-order chi connectivity index (χ0) is 13.8. The fourth-order valence-corrected chi connectivity index (χ4v) is 1.95. The van der Waals surface area contributed by atoms with Gasteiger partial charge in [0.15, 0.2) is 0 Å². The van der Waals surface area contributed by atoms with Crippen molar-refractivity contribution < 1.29 is 8.78 Å². The van der Waals surface area contributed by atoms with E-state index in [1.807, 2.05) is 0 Å². The molecule has 0 aromatic heterocycles. The molecule has 1 N–H and O–H groups in total. The van der Waals surface area contributed by atoms with Crippen molar-refractivity contribution in [3.8, 4) is 6.07 Å². The van der Waals surface area contributed by atoms with Gasteiger partial charge in [0.1, 0.15) is 11.6 Å². The van der Waals surface area contributed by atoms with E-state index in [4.69, 9.17) is 5.26 Å². The summed E-state index contributed by atoms with van der Waals surface area (Å²) in [5, 5.41) is 11.7. The molecule has 0 radical (unpaired) electrons. The van der Waals surface area contributed by atoms with E-state index in [1.54, 1.807) is 24.3 Å². The van der Waals surface area contributed by atoms with Crippen molar-refractivity contribution in [1.82, 2.24) is 0 Å². The number of hydrogen-bond acceptors (Lipinski definition) is 2. The van der Waals surface area contributed by atoms with E-state index in [0.29, 0.717) is 5.56 Å². The van der Waals surface area contributed by atoms with Crippen LogP contribution in [0.15, 0.2) is 40.9 Å². The Morgan fingerprint density at radius 1 is 1.16 bits per heavy atom. The van der Waals surface area contributed by atoms with Crippen LogP contribution >= 0.6 is 15.9 Å². The van der Waals surface area contributed by atoms with Crippen LogP contribution in [0.4, 0.5) is 14.5 Å². The van der Waals surface area contributed by atoms with Crippen molar-refractivity contribution in [2.45, 2.75) is 6.54 Å². The van der Waals surface area contributed by atoms with Gasteiger partial charge in [-0.1, -0.05) is 18.2 Å². The lowest BCUT2D eigenvalue weighted by Crippen LogP contribution is -2.04. The summed E-state index contributed by atoms with van der Waals surface area (Å²) >= 11 is 2.91. The molecular weight excluding hydrogens is 314 g/mol. The summed E-state index contributed by atoms with van der Waals surface area (Å²) in [6, 6.07) is 11.2. The van der Waals surface area contributed by atoms with Crippen molar-refractivity contribution in [2.75, 3.05) is 5.32 Å². The predicted molar refractivity (Wildman–Crippen MR) is 72.5 cm³/mol. The number of nitriles is 1. The SMILES string of the molecule is N#Cc1ccccc1CNc1cc(F)c(Br)cc1F. The molecule has 0 saturated carbocycles. The first-order chi connectivity index (χ1) is 9.11. The van der Waals surface area contributed by atoms with Gasteiger partial charge in [0, 0.05) is 12.6 Å². The summed E-state index contributed by atoms with van der Waals surface area (Å²) in [5.74, 6) is -1.10. The highest BCUT2D eigenvalue weighted by molar-refractivity contribution is 9.10. The summed E-state index contributed by atoms with van der Waals surface area (Å²) < 4.78 is 27.0. The van der Waals surface area contributed by atoms with Crippen LogP contribution in [0.25, 0.3) is 0 Å². The number of nitrogens with zero attached hydrogens (tertiary/aromatic N) is 1. The monoisotopic (exact) mass is 322 g/mol. The fourth-order valence-electron chi connectivity index (χ4n) is 1.63. The first-order valence-electron chi connectivity index (χ1n) is 5.48. The highest BCUT2D eigenvalue weighted by atomic mass is 79.9. The molecule has 19 heavy (non-hydrogen) atoms. The van der Waals surface area contributed by atoms with Gasteiger partial charge < -0.3 is 5.32 Å². The third-order valence-electron chi connectivity index (χ3n) is 2.62. The Hall–Kier alpha value is -1.93. The molecule has 0 atom stereocenters. The standard InChI is InChI=1S/C14H9BrF2N2/c15-11-5-13(17)14(6-12(11)16)19-8-10-4-2-1-3-9(10)7-18/h1-6,19H,8H2. The molecule has 0 aliphatic heterocycles. The molecule has 0 unspecified atom stereocenters. The number of rotatable bonds is 3. The van der Waals surface area contributed by atoms with E-state index in [1.165, 1.54) is 0 Å². The van der Waals surface area contributed by atoms with Gasteiger partial charge >= 0.3 is 0 Å². The topological polar surface area (TPSA) is 35.8 Å². The first-order valence-corrected chi connectivity index (χ1v) is 6.27. The second-order valence-corrected chi connectivity index (χ2v) is 4.72. The Kier molecular flexibility index (Phi) is 4.13. The van der Waals surface area contributed by atoms with E-state index in [9.17, 15) is 8.78 Å². The Morgan fingerprint density at radius 3 is 2.63 bits per heavy atom. The Bertz CT molecular complexity index is 650. The molecule has 2 nitrogen and oxygen atoms in total. The molecule has 0 amide bonds. The number of nitrogens with one attached hydrogen (secondary N) is 1. The van der Waals surface area contributed by atoms with E-state index >= 15 is 0 Å². The maximum atomic E-state index is 13.6.